The molecule has 0 saturated carbocycles. The maximum Gasteiger partial charge on any atom is 0.224 e. The molecule has 1 heterocycles. The summed E-state index contributed by atoms with van der Waals surface area (Å²) in [5, 5.41) is 6.42. The Hall–Kier alpha value is -1.39. The van der Waals surface area contributed by atoms with Crippen LogP contribution in [0.5, 0.6) is 0 Å². The quantitative estimate of drug-likeness (QED) is 0.864. The van der Waals surface area contributed by atoms with Crippen molar-refractivity contribution in [3.63, 3.8) is 0 Å². The number of hydrogen-bond acceptors (Lipinski definition) is 3. The fourth-order valence-corrected chi connectivity index (χ4v) is 2.68. The zero-order valence-corrected chi connectivity index (χ0v) is 12.5. The summed E-state index contributed by atoms with van der Waals surface area (Å²) in [5.41, 5.74) is 2.10. The Balaban J connectivity index is 1.93. The van der Waals surface area contributed by atoms with Crippen molar-refractivity contribution in [3.05, 3.63) is 29.8 Å². The van der Waals surface area contributed by atoms with Crippen LogP contribution < -0.4 is 10.6 Å². The molecule has 1 atom stereocenters. The van der Waals surface area contributed by atoms with Gasteiger partial charge in [-0.05, 0) is 57.6 Å². The summed E-state index contributed by atoms with van der Waals surface area (Å²) in [7, 11) is 4.07. The fraction of sp³-hybridized carbons (Fsp3) is 0.562. The third kappa shape index (κ3) is 4.62. The van der Waals surface area contributed by atoms with Gasteiger partial charge in [-0.2, -0.15) is 0 Å². The molecule has 1 aromatic carbocycles. The SMILES string of the molecule is CN(C)Cc1ccccc1NC(=O)CC1CCCNC1. The van der Waals surface area contributed by atoms with E-state index in [9.17, 15) is 4.79 Å². The second-order valence-electron chi connectivity index (χ2n) is 5.86. The molecule has 4 nitrogen and oxygen atoms in total. The Labute approximate surface area is 121 Å². The molecule has 110 valence electrons. The molecular weight excluding hydrogens is 250 g/mol. The zero-order valence-electron chi connectivity index (χ0n) is 12.5. The van der Waals surface area contributed by atoms with Gasteiger partial charge in [0.2, 0.25) is 5.91 Å². The summed E-state index contributed by atoms with van der Waals surface area (Å²) < 4.78 is 0. The second kappa shape index (κ2) is 7.41. The standard InChI is InChI=1S/C16H25N3O/c1-19(2)12-14-7-3-4-8-15(14)18-16(20)10-13-6-5-9-17-11-13/h3-4,7-8,13,17H,5-6,9-12H2,1-2H3,(H,18,20). The van der Waals surface area contributed by atoms with Crippen LogP contribution in [0.1, 0.15) is 24.8 Å². The first-order chi connectivity index (χ1) is 9.65. The highest BCUT2D eigenvalue weighted by Crippen LogP contribution is 2.19. The Kier molecular flexibility index (Phi) is 5.56. The van der Waals surface area contributed by atoms with Gasteiger partial charge >= 0.3 is 0 Å². The van der Waals surface area contributed by atoms with Gasteiger partial charge in [0.05, 0.1) is 0 Å². The molecule has 0 aromatic heterocycles. The molecule has 2 rings (SSSR count). The predicted molar refractivity (Wildman–Crippen MR) is 82.7 cm³/mol. The summed E-state index contributed by atoms with van der Waals surface area (Å²) in [6.07, 6.45) is 2.94. The maximum absolute atomic E-state index is 12.2. The molecule has 0 radical (unpaired) electrons. The molecule has 20 heavy (non-hydrogen) atoms. The Morgan fingerprint density at radius 2 is 2.20 bits per heavy atom. The van der Waals surface area contributed by atoms with Gasteiger partial charge in [0.1, 0.15) is 0 Å². The van der Waals surface area contributed by atoms with E-state index >= 15 is 0 Å². The normalized spacial score (nSPS) is 19.1. The summed E-state index contributed by atoms with van der Waals surface area (Å²) >= 11 is 0. The van der Waals surface area contributed by atoms with Crippen LogP contribution in [-0.4, -0.2) is 38.0 Å². The van der Waals surface area contributed by atoms with Gasteiger partial charge < -0.3 is 15.5 Å². The molecule has 0 bridgehead atoms. The minimum Gasteiger partial charge on any atom is -0.326 e. The maximum atomic E-state index is 12.2. The Morgan fingerprint density at radius 1 is 1.40 bits per heavy atom. The monoisotopic (exact) mass is 275 g/mol. The van der Waals surface area contributed by atoms with Crippen molar-refractivity contribution < 1.29 is 4.79 Å². The van der Waals surface area contributed by atoms with Crippen molar-refractivity contribution in [1.29, 1.82) is 0 Å². The number of anilines is 1. The van der Waals surface area contributed by atoms with Crippen LogP contribution in [0.4, 0.5) is 5.69 Å². The van der Waals surface area contributed by atoms with E-state index in [1.54, 1.807) is 0 Å². The predicted octanol–water partition coefficient (Wildman–Crippen LogP) is 2.08. The van der Waals surface area contributed by atoms with E-state index in [0.717, 1.165) is 37.3 Å². The first kappa shape index (κ1) is 15.0. The number of piperidine rings is 1. The lowest BCUT2D eigenvalue weighted by Crippen LogP contribution is -2.32. The molecule has 1 fully saturated rings. The Bertz CT molecular complexity index is 439. The van der Waals surface area contributed by atoms with Crippen LogP contribution in [0.25, 0.3) is 0 Å². The summed E-state index contributed by atoms with van der Waals surface area (Å²) in [6.45, 7) is 2.89. The van der Waals surface area contributed by atoms with Gasteiger partial charge in [-0.1, -0.05) is 18.2 Å². The first-order valence-corrected chi connectivity index (χ1v) is 7.38. The number of nitrogens with zero attached hydrogens (tertiary/aromatic N) is 1. The van der Waals surface area contributed by atoms with Gasteiger partial charge in [-0.15, -0.1) is 0 Å². The highest BCUT2D eigenvalue weighted by atomic mass is 16.1. The van der Waals surface area contributed by atoms with Gasteiger partial charge in [-0.3, -0.25) is 4.79 Å². The van der Waals surface area contributed by atoms with Gasteiger partial charge in [0, 0.05) is 18.7 Å². The molecule has 0 aliphatic carbocycles. The number of amides is 1. The lowest BCUT2D eigenvalue weighted by atomic mass is 9.96. The topological polar surface area (TPSA) is 44.4 Å². The van der Waals surface area contributed by atoms with E-state index < -0.39 is 0 Å². The number of carbonyl (C=O) groups is 1. The van der Waals surface area contributed by atoms with Crippen molar-refractivity contribution in [2.45, 2.75) is 25.8 Å². The molecule has 1 aliphatic rings. The van der Waals surface area contributed by atoms with Gasteiger partial charge in [0.15, 0.2) is 0 Å². The molecule has 2 N–H and O–H groups in total. The van der Waals surface area contributed by atoms with E-state index in [4.69, 9.17) is 0 Å². The fourth-order valence-electron chi connectivity index (χ4n) is 2.68. The number of rotatable bonds is 5. The molecule has 0 spiro atoms. The van der Waals surface area contributed by atoms with Gasteiger partial charge in [-0.25, -0.2) is 0 Å². The summed E-state index contributed by atoms with van der Waals surface area (Å²) in [6, 6.07) is 8.03. The van der Waals surface area contributed by atoms with Crippen LogP contribution in [0.3, 0.4) is 0 Å². The molecule has 1 aromatic rings. The molecule has 1 aliphatic heterocycles. The van der Waals surface area contributed by atoms with Crippen molar-refractivity contribution in [1.82, 2.24) is 10.2 Å². The van der Waals surface area contributed by atoms with E-state index in [0.29, 0.717) is 12.3 Å². The third-order valence-electron chi connectivity index (χ3n) is 3.65. The summed E-state index contributed by atoms with van der Waals surface area (Å²) in [5.74, 6) is 0.606. The van der Waals surface area contributed by atoms with Crippen LogP contribution in [0.2, 0.25) is 0 Å². The van der Waals surface area contributed by atoms with Crippen molar-refractivity contribution >= 4 is 11.6 Å². The highest BCUT2D eigenvalue weighted by molar-refractivity contribution is 5.91. The largest absolute Gasteiger partial charge is 0.326 e. The molecule has 1 amide bonds. The van der Waals surface area contributed by atoms with Crippen molar-refractivity contribution in [3.8, 4) is 0 Å². The zero-order chi connectivity index (χ0) is 14.4. The average molecular weight is 275 g/mol. The number of para-hydroxylation sites is 1. The highest BCUT2D eigenvalue weighted by Gasteiger charge is 2.17. The smallest absolute Gasteiger partial charge is 0.224 e. The van der Waals surface area contributed by atoms with Crippen LogP contribution in [0.15, 0.2) is 24.3 Å². The number of benzene rings is 1. The van der Waals surface area contributed by atoms with Crippen LogP contribution in [-0.2, 0) is 11.3 Å². The first-order valence-electron chi connectivity index (χ1n) is 7.38. The van der Waals surface area contributed by atoms with E-state index in [-0.39, 0.29) is 5.91 Å². The lowest BCUT2D eigenvalue weighted by molar-refractivity contribution is -0.117. The Morgan fingerprint density at radius 3 is 2.90 bits per heavy atom. The number of nitrogens with one attached hydrogen (secondary N) is 2. The van der Waals surface area contributed by atoms with Crippen LogP contribution in [0, 0.1) is 5.92 Å². The average Bonchev–Trinajstić information content (AvgIpc) is 2.41. The lowest BCUT2D eigenvalue weighted by Gasteiger charge is -2.22. The molecule has 4 heteroatoms. The minimum absolute atomic E-state index is 0.130. The van der Waals surface area contributed by atoms with Crippen molar-refractivity contribution in [2.75, 3.05) is 32.5 Å². The number of carbonyl (C=O) groups excluding carboxylic acids is 1. The van der Waals surface area contributed by atoms with Crippen molar-refractivity contribution in [2.24, 2.45) is 5.92 Å². The van der Waals surface area contributed by atoms with E-state index in [2.05, 4.69) is 21.6 Å². The summed E-state index contributed by atoms with van der Waals surface area (Å²) in [4.78, 5) is 14.3. The molecule has 1 unspecified atom stereocenters. The van der Waals surface area contributed by atoms with Crippen LogP contribution >= 0.6 is 0 Å². The third-order valence-corrected chi connectivity index (χ3v) is 3.65. The molecule has 1 saturated heterocycles. The minimum atomic E-state index is 0.130. The van der Waals surface area contributed by atoms with E-state index in [1.165, 1.54) is 6.42 Å². The second-order valence-corrected chi connectivity index (χ2v) is 5.86. The number of hydrogen-bond donors (Lipinski definition) is 2. The van der Waals surface area contributed by atoms with Gasteiger partial charge in [0.25, 0.3) is 0 Å². The molecular formula is C16H25N3O. The van der Waals surface area contributed by atoms with E-state index in [1.807, 2.05) is 32.3 Å².